The number of benzene rings is 2. The number of aromatic nitrogens is 4. The number of ether oxygens (including phenoxy) is 3. The molecule has 7 heteroatoms. The van der Waals surface area contributed by atoms with Crippen LogP contribution in [0.25, 0.3) is 17.0 Å². The summed E-state index contributed by atoms with van der Waals surface area (Å²) in [4.78, 5) is 0. The fourth-order valence-electron chi connectivity index (χ4n) is 2.80. The van der Waals surface area contributed by atoms with E-state index in [1.165, 1.54) is 0 Å². The van der Waals surface area contributed by atoms with E-state index in [0.717, 1.165) is 11.3 Å². The van der Waals surface area contributed by atoms with Crippen molar-refractivity contribution < 1.29 is 14.2 Å². The van der Waals surface area contributed by atoms with Gasteiger partial charge >= 0.3 is 0 Å². The van der Waals surface area contributed by atoms with E-state index in [1.807, 2.05) is 68.4 Å². The molecule has 0 aliphatic carbocycles. The Morgan fingerprint density at radius 2 is 1.61 bits per heavy atom. The third kappa shape index (κ3) is 3.59. The molecular weight excluding hydrogens is 356 g/mol. The van der Waals surface area contributed by atoms with Crippen molar-refractivity contribution in [1.82, 2.24) is 19.8 Å². The van der Waals surface area contributed by atoms with E-state index in [0.29, 0.717) is 28.9 Å². The van der Waals surface area contributed by atoms with Gasteiger partial charge in [0, 0.05) is 6.07 Å². The number of para-hydroxylation sites is 1. The van der Waals surface area contributed by atoms with Crippen LogP contribution in [0.3, 0.4) is 0 Å². The van der Waals surface area contributed by atoms with Gasteiger partial charge in [-0.2, -0.15) is 4.52 Å². The summed E-state index contributed by atoms with van der Waals surface area (Å²) in [5, 5.41) is 13.0. The molecule has 142 valence electrons. The second-order valence-corrected chi connectivity index (χ2v) is 6.41. The molecule has 2 aromatic heterocycles. The van der Waals surface area contributed by atoms with E-state index in [9.17, 15) is 0 Å². The molecule has 0 aliphatic heterocycles. The molecule has 28 heavy (non-hydrogen) atoms. The van der Waals surface area contributed by atoms with Crippen LogP contribution in [-0.2, 0) is 0 Å². The molecule has 0 unspecified atom stereocenters. The molecule has 7 nitrogen and oxygen atoms in total. The normalized spacial score (nSPS) is 11.0. The first kappa shape index (κ1) is 17.8. The highest BCUT2D eigenvalue weighted by Gasteiger charge is 2.14. The van der Waals surface area contributed by atoms with Gasteiger partial charge in [0.05, 0.1) is 18.8 Å². The second kappa shape index (κ2) is 7.56. The lowest BCUT2D eigenvalue weighted by Crippen LogP contribution is -2.05. The molecule has 0 spiro atoms. The fraction of sp³-hybridized carbons (Fsp3) is 0.190. The summed E-state index contributed by atoms with van der Waals surface area (Å²) in [6.45, 7) is 3.98. The van der Waals surface area contributed by atoms with Crippen molar-refractivity contribution in [2.24, 2.45) is 0 Å². The summed E-state index contributed by atoms with van der Waals surface area (Å²) >= 11 is 0. The van der Waals surface area contributed by atoms with Crippen molar-refractivity contribution in [2.75, 3.05) is 7.11 Å². The Morgan fingerprint density at radius 3 is 2.36 bits per heavy atom. The highest BCUT2D eigenvalue weighted by molar-refractivity contribution is 5.66. The Bertz CT molecular complexity index is 1090. The zero-order chi connectivity index (χ0) is 19.5. The first-order valence-corrected chi connectivity index (χ1v) is 8.94. The molecule has 0 amide bonds. The van der Waals surface area contributed by atoms with Crippen LogP contribution in [0.5, 0.6) is 23.1 Å². The summed E-state index contributed by atoms with van der Waals surface area (Å²) < 4.78 is 18.6. The Kier molecular flexibility index (Phi) is 4.80. The molecule has 2 aromatic carbocycles. The summed E-state index contributed by atoms with van der Waals surface area (Å²) in [6, 6.07) is 18.6. The largest absolute Gasteiger partial charge is 0.496 e. The highest BCUT2D eigenvalue weighted by Crippen LogP contribution is 2.29. The third-order valence-corrected chi connectivity index (χ3v) is 4.00. The van der Waals surface area contributed by atoms with Crippen LogP contribution >= 0.6 is 0 Å². The lowest BCUT2D eigenvalue weighted by Gasteiger charge is -2.10. The Morgan fingerprint density at radius 1 is 0.857 bits per heavy atom. The maximum Gasteiger partial charge on any atom is 0.237 e. The Hall–Kier alpha value is -3.61. The molecule has 0 fully saturated rings. The van der Waals surface area contributed by atoms with Crippen molar-refractivity contribution >= 4 is 5.65 Å². The molecule has 4 rings (SSSR count). The van der Waals surface area contributed by atoms with E-state index in [1.54, 1.807) is 17.7 Å². The van der Waals surface area contributed by atoms with Crippen LogP contribution in [0.1, 0.15) is 13.8 Å². The lowest BCUT2D eigenvalue weighted by molar-refractivity contribution is 0.242. The van der Waals surface area contributed by atoms with Crippen LogP contribution in [0.4, 0.5) is 0 Å². The van der Waals surface area contributed by atoms with Crippen molar-refractivity contribution in [3.63, 3.8) is 0 Å². The van der Waals surface area contributed by atoms with E-state index in [-0.39, 0.29) is 6.10 Å². The van der Waals surface area contributed by atoms with E-state index >= 15 is 0 Å². The van der Waals surface area contributed by atoms with Gasteiger partial charge in [-0.15, -0.1) is 15.3 Å². The second-order valence-electron chi connectivity index (χ2n) is 6.41. The third-order valence-electron chi connectivity index (χ3n) is 4.00. The number of nitrogens with zero attached hydrogens (tertiary/aromatic N) is 4. The van der Waals surface area contributed by atoms with E-state index < -0.39 is 0 Å². The van der Waals surface area contributed by atoms with Crippen molar-refractivity contribution in [2.45, 2.75) is 20.0 Å². The molecule has 4 aromatic rings. The van der Waals surface area contributed by atoms with Gasteiger partial charge in [0.2, 0.25) is 5.88 Å². The molecular formula is C21H20N4O3. The number of hydrogen-bond donors (Lipinski definition) is 0. The predicted octanol–water partition coefficient (Wildman–Crippen LogP) is 4.38. The summed E-state index contributed by atoms with van der Waals surface area (Å²) in [7, 11) is 1.62. The smallest absolute Gasteiger partial charge is 0.237 e. The molecule has 0 N–H and O–H groups in total. The van der Waals surface area contributed by atoms with Crippen molar-refractivity contribution in [3.05, 3.63) is 60.7 Å². The summed E-state index contributed by atoms with van der Waals surface area (Å²) in [5.41, 5.74) is 1.42. The van der Waals surface area contributed by atoms with Crippen LogP contribution in [-0.4, -0.2) is 33.0 Å². The molecule has 0 aliphatic rings. The molecule has 0 saturated carbocycles. The topological polar surface area (TPSA) is 70.8 Å². The maximum absolute atomic E-state index is 5.89. The van der Waals surface area contributed by atoms with Gasteiger partial charge in [-0.25, -0.2) is 0 Å². The first-order chi connectivity index (χ1) is 13.6. The highest BCUT2D eigenvalue weighted by atomic mass is 16.5. The van der Waals surface area contributed by atoms with Gasteiger partial charge in [-0.05, 0) is 56.3 Å². The van der Waals surface area contributed by atoms with E-state index in [4.69, 9.17) is 14.2 Å². The van der Waals surface area contributed by atoms with Gasteiger partial charge in [-0.1, -0.05) is 12.1 Å². The molecule has 2 heterocycles. The van der Waals surface area contributed by atoms with Gasteiger partial charge < -0.3 is 14.2 Å². The van der Waals surface area contributed by atoms with Crippen LogP contribution in [0.2, 0.25) is 0 Å². The van der Waals surface area contributed by atoms with Crippen molar-refractivity contribution in [1.29, 1.82) is 0 Å². The number of rotatable bonds is 6. The van der Waals surface area contributed by atoms with Gasteiger partial charge in [-0.3, -0.25) is 0 Å². The predicted molar refractivity (Wildman–Crippen MR) is 105 cm³/mol. The first-order valence-electron chi connectivity index (χ1n) is 8.94. The zero-order valence-corrected chi connectivity index (χ0v) is 15.9. The minimum absolute atomic E-state index is 0.123. The van der Waals surface area contributed by atoms with E-state index in [2.05, 4.69) is 15.3 Å². The van der Waals surface area contributed by atoms with Crippen molar-refractivity contribution in [3.8, 4) is 34.5 Å². The van der Waals surface area contributed by atoms with Crippen LogP contribution in [0, 0.1) is 0 Å². The van der Waals surface area contributed by atoms with Crippen LogP contribution in [0.15, 0.2) is 60.7 Å². The number of fused-ring (bicyclic) bond motifs is 1. The number of hydrogen-bond acceptors (Lipinski definition) is 6. The molecule has 0 saturated heterocycles. The minimum Gasteiger partial charge on any atom is -0.496 e. The summed E-state index contributed by atoms with van der Waals surface area (Å²) in [5.74, 6) is 3.17. The lowest BCUT2D eigenvalue weighted by atomic mass is 10.2. The standard InChI is InChI=1S/C21H20N4O3/c1-14(2)27-15-8-10-16(11-9-15)28-20-13-12-19-22-23-21(25(19)24-20)17-6-4-5-7-18(17)26-3/h4-14H,1-3H3. The molecule has 0 bridgehead atoms. The average molecular weight is 376 g/mol. The average Bonchev–Trinajstić information content (AvgIpc) is 3.12. The monoisotopic (exact) mass is 376 g/mol. The maximum atomic E-state index is 5.89. The Balaban J connectivity index is 1.64. The van der Waals surface area contributed by atoms with Gasteiger partial charge in [0.25, 0.3) is 0 Å². The quantitative estimate of drug-likeness (QED) is 0.497. The fourth-order valence-corrected chi connectivity index (χ4v) is 2.80. The molecule has 0 atom stereocenters. The molecule has 0 radical (unpaired) electrons. The van der Waals surface area contributed by atoms with Gasteiger partial charge in [0.1, 0.15) is 17.2 Å². The van der Waals surface area contributed by atoms with Crippen LogP contribution < -0.4 is 14.2 Å². The SMILES string of the molecule is COc1ccccc1-c1nnc2ccc(Oc3ccc(OC(C)C)cc3)nn12. The minimum atomic E-state index is 0.123. The Labute approximate surface area is 162 Å². The zero-order valence-electron chi connectivity index (χ0n) is 15.9. The summed E-state index contributed by atoms with van der Waals surface area (Å²) in [6.07, 6.45) is 0.123. The number of methoxy groups -OCH3 is 1. The van der Waals surface area contributed by atoms with Gasteiger partial charge in [0.15, 0.2) is 11.5 Å².